The summed E-state index contributed by atoms with van der Waals surface area (Å²) in [4.78, 5) is 12.8. The van der Waals surface area contributed by atoms with Crippen molar-refractivity contribution in [3.63, 3.8) is 0 Å². The molecule has 5 nitrogen and oxygen atoms in total. The van der Waals surface area contributed by atoms with Crippen molar-refractivity contribution in [3.05, 3.63) is 0 Å². The molecule has 184 valence electrons. The number of alkyl halides is 3. The molecule has 2 N–H and O–H groups in total. The average Bonchev–Trinajstić information content (AvgIpc) is 3.02. The highest BCUT2D eigenvalue weighted by Gasteiger charge is 2.65. The van der Waals surface area contributed by atoms with Gasteiger partial charge in [0.1, 0.15) is 5.78 Å². The molecule has 4 aliphatic rings. The van der Waals surface area contributed by atoms with Crippen molar-refractivity contribution in [2.45, 2.75) is 83.4 Å². The predicted octanol–water partition coefficient (Wildman–Crippen LogP) is 5.04. The molecule has 0 bridgehead atoms. The van der Waals surface area contributed by atoms with Gasteiger partial charge in [0, 0.05) is 16.7 Å². The van der Waals surface area contributed by atoms with E-state index in [9.17, 15) is 31.5 Å². The molecule has 3 unspecified atom stereocenters. The van der Waals surface area contributed by atoms with Gasteiger partial charge in [0.15, 0.2) is 5.60 Å². The van der Waals surface area contributed by atoms with Gasteiger partial charge in [-0.3, -0.25) is 9.35 Å². The van der Waals surface area contributed by atoms with Crippen LogP contribution >= 0.6 is 10.8 Å². The Kier molecular flexibility index (Phi) is 6.08. The van der Waals surface area contributed by atoms with Crippen LogP contribution in [0.15, 0.2) is 0 Å². The first kappa shape index (κ1) is 24.8. The number of ketones is 1. The fourth-order valence-corrected chi connectivity index (χ4v) is 9.53. The minimum Gasteiger partial charge on any atom is -0.380 e. The number of hydrogen-bond donors (Lipinski definition) is 2. The van der Waals surface area contributed by atoms with Gasteiger partial charge in [-0.2, -0.15) is 21.6 Å². The zero-order valence-corrected chi connectivity index (χ0v) is 20.2. The van der Waals surface area contributed by atoms with Crippen LogP contribution in [0, 0.1) is 40.4 Å². The van der Waals surface area contributed by atoms with Crippen LogP contribution in [0.3, 0.4) is 0 Å². The number of hydrogen-bond acceptors (Lipinski definition) is 5. The van der Waals surface area contributed by atoms with Crippen LogP contribution in [0.2, 0.25) is 0 Å². The first-order valence-corrected chi connectivity index (χ1v) is 14.5. The van der Waals surface area contributed by atoms with Gasteiger partial charge < -0.3 is 5.11 Å². The monoisotopic (exact) mass is 498 g/mol. The highest BCUT2D eigenvalue weighted by Crippen LogP contribution is 2.68. The maximum atomic E-state index is 13.5. The molecule has 0 aliphatic heterocycles. The number of Topliss-reactive ketones (excluding diaryl/α,β-unsaturated/α-hetero) is 1. The van der Waals surface area contributed by atoms with E-state index in [4.69, 9.17) is 4.55 Å². The molecule has 0 saturated heterocycles. The van der Waals surface area contributed by atoms with Gasteiger partial charge in [0.05, 0.1) is 5.75 Å². The number of fused-ring (bicyclic) bond motifs is 5. The normalized spacial score (nSPS) is 46.8. The van der Waals surface area contributed by atoms with Crippen LogP contribution < -0.4 is 0 Å². The zero-order chi connectivity index (χ0) is 23.7. The fourth-order valence-electron chi connectivity index (χ4n) is 8.27. The molecule has 0 amide bonds. The Hall–Kier alpha value is -0.320. The molecule has 8 atom stereocenters. The highest BCUT2D eigenvalue weighted by molar-refractivity contribution is 8.70. The van der Waals surface area contributed by atoms with Crippen molar-refractivity contribution < 1.29 is 36.0 Å². The molecule has 4 aliphatic carbocycles. The maximum absolute atomic E-state index is 13.5. The summed E-state index contributed by atoms with van der Waals surface area (Å²) < 4.78 is 71.6. The van der Waals surface area contributed by atoms with Gasteiger partial charge in [0.2, 0.25) is 0 Å². The molecular formula is C22H33F3O5S2. The molecule has 10 heteroatoms. The van der Waals surface area contributed by atoms with Crippen molar-refractivity contribution in [2.24, 2.45) is 40.4 Å². The SMILES string of the molecule is C[C@]12CCC3C(CC[C@@H]4C[C@@](O)(C(F)(F)F)CC[C@]34C)C1CC[C@@H]2C(=O)CSS(=O)(=O)O. The van der Waals surface area contributed by atoms with Crippen molar-refractivity contribution in [3.8, 4) is 0 Å². The van der Waals surface area contributed by atoms with Crippen molar-refractivity contribution in [2.75, 3.05) is 5.75 Å². The van der Waals surface area contributed by atoms with Crippen molar-refractivity contribution >= 4 is 25.7 Å². The Labute approximate surface area is 191 Å². The minimum absolute atomic E-state index is 0.135. The molecule has 0 heterocycles. The van der Waals surface area contributed by atoms with E-state index < -0.39 is 20.9 Å². The van der Waals surface area contributed by atoms with Crippen LogP contribution in [-0.4, -0.2) is 41.4 Å². The molecule has 0 aromatic heterocycles. The highest BCUT2D eigenvalue weighted by atomic mass is 33.1. The summed E-state index contributed by atoms with van der Waals surface area (Å²) in [5.41, 5.74) is -3.05. The Balaban J connectivity index is 1.51. The Morgan fingerprint density at radius 3 is 2.28 bits per heavy atom. The summed E-state index contributed by atoms with van der Waals surface area (Å²) in [5, 5.41) is 10.3. The summed E-state index contributed by atoms with van der Waals surface area (Å²) in [6.45, 7) is 4.24. The van der Waals surface area contributed by atoms with Crippen LogP contribution in [0.4, 0.5) is 13.2 Å². The minimum atomic E-state index is -4.60. The molecule has 32 heavy (non-hydrogen) atoms. The number of rotatable bonds is 4. The third-order valence-electron chi connectivity index (χ3n) is 9.99. The van der Waals surface area contributed by atoms with Crippen LogP contribution in [0.25, 0.3) is 0 Å². The van der Waals surface area contributed by atoms with Crippen LogP contribution in [0.1, 0.15) is 71.6 Å². The third-order valence-corrected chi connectivity index (χ3v) is 11.9. The Bertz CT molecular complexity index is 877. The van der Waals surface area contributed by atoms with Gasteiger partial charge in [-0.05, 0) is 92.3 Å². The maximum Gasteiger partial charge on any atom is 0.417 e. The second kappa shape index (κ2) is 7.85. The second-order valence-corrected chi connectivity index (χ2v) is 14.6. The van der Waals surface area contributed by atoms with E-state index in [2.05, 4.69) is 13.8 Å². The first-order valence-electron chi connectivity index (χ1n) is 11.5. The van der Waals surface area contributed by atoms with E-state index in [1.165, 1.54) is 0 Å². The van der Waals surface area contributed by atoms with E-state index >= 15 is 0 Å². The summed E-state index contributed by atoms with van der Waals surface area (Å²) in [6, 6.07) is 0. The molecule has 0 aromatic carbocycles. The first-order chi connectivity index (χ1) is 14.6. The Morgan fingerprint density at radius 2 is 1.66 bits per heavy atom. The standard InChI is InChI=1S/C22H33F3O5S2/c1-19-9-10-21(27,22(23,24)25)11-13(19)3-4-14-15-5-6-17(18(26)12-31-32(28,29)30)20(15,2)8-7-16(14)19/h13-17,27H,3-12H2,1-2H3,(H,28,29,30)/t13-,14?,15?,16?,17-,19+,20+,21-/m1/s1. The van der Waals surface area contributed by atoms with Gasteiger partial charge in [-0.25, -0.2) is 0 Å². The summed E-state index contributed by atoms with van der Waals surface area (Å²) >= 11 is 0. The smallest absolute Gasteiger partial charge is 0.380 e. The predicted molar refractivity (Wildman–Crippen MR) is 115 cm³/mol. The van der Waals surface area contributed by atoms with E-state index in [-0.39, 0.29) is 63.8 Å². The van der Waals surface area contributed by atoms with E-state index in [0.29, 0.717) is 31.1 Å². The second-order valence-electron chi connectivity index (χ2n) is 11.2. The lowest BCUT2D eigenvalue weighted by Gasteiger charge is -2.62. The number of carbonyl (C=O) groups is 1. The molecule has 0 radical (unpaired) electrons. The fraction of sp³-hybridized carbons (Fsp3) is 0.955. The van der Waals surface area contributed by atoms with E-state index in [1.54, 1.807) is 0 Å². The topological polar surface area (TPSA) is 91.7 Å². The molecule has 4 fully saturated rings. The average molecular weight is 499 g/mol. The largest absolute Gasteiger partial charge is 0.417 e. The quantitative estimate of drug-likeness (QED) is 0.417. The van der Waals surface area contributed by atoms with E-state index in [1.807, 2.05) is 0 Å². The van der Waals surface area contributed by atoms with Crippen LogP contribution in [-0.2, 0) is 13.9 Å². The molecular weight excluding hydrogens is 465 g/mol. The molecule has 4 saturated carbocycles. The number of aliphatic hydroxyl groups is 1. The number of carbonyl (C=O) groups excluding carboxylic acids is 1. The summed E-state index contributed by atoms with van der Waals surface area (Å²) in [5.74, 6) is 0.150. The molecule has 4 rings (SSSR count). The van der Waals surface area contributed by atoms with Crippen molar-refractivity contribution in [1.82, 2.24) is 0 Å². The molecule has 0 spiro atoms. The lowest BCUT2D eigenvalue weighted by atomic mass is 9.43. The Morgan fingerprint density at radius 1 is 1.00 bits per heavy atom. The third kappa shape index (κ3) is 3.94. The van der Waals surface area contributed by atoms with Crippen molar-refractivity contribution in [1.29, 1.82) is 0 Å². The van der Waals surface area contributed by atoms with Gasteiger partial charge >= 0.3 is 15.3 Å². The summed E-state index contributed by atoms with van der Waals surface area (Å²) in [7, 11) is -4.00. The lowest BCUT2D eigenvalue weighted by molar-refractivity contribution is -0.290. The van der Waals surface area contributed by atoms with Gasteiger partial charge in [0.25, 0.3) is 0 Å². The molecule has 0 aromatic rings. The lowest BCUT2D eigenvalue weighted by Crippen LogP contribution is -2.59. The van der Waals surface area contributed by atoms with Gasteiger partial charge in [-0.1, -0.05) is 13.8 Å². The van der Waals surface area contributed by atoms with E-state index in [0.717, 1.165) is 25.7 Å². The number of halogens is 3. The van der Waals surface area contributed by atoms with Crippen LogP contribution in [0.5, 0.6) is 0 Å². The zero-order valence-electron chi connectivity index (χ0n) is 18.5. The summed E-state index contributed by atoms with van der Waals surface area (Å²) in [6.07, 6.45) is 0.0124. The van der Waals surface area contributed by atoms with Gasteiger partial charge in [-0.15, -0.1) is 0 Å².